The van der Waals surface area contributed by atoms with Crippen molar-refractivity contribution in [3.8, 4) is 22.1 Å². The molecule has 2 amide bonds. The molecule has 0 aliphatic rings. The van der Waals surface area contributed by atoms with Crippen molar-refractivity contribution in [3.63, 3.8) is 0 Å². The maximum absolute atomic E-state index is 14.9. The molecule has 5 aromatic rings. The van der Waals surface area contributed by atoms with Crippen LogP contribution in [0.5, 0.6) is 5.88 Å². The van der Waals surface area contributed by atoms with E-state index in [0.29, 0.717) is 21.7 Å². The highest BCUT2D eigenvalue weighted by Gasteiger charge is 2.26. The Morgan fingerprint density at radius 3 is 2.30 bits per heavy atom. The van der Waals surface area contributed by atoms with E-state index in [0.717, 1.165) is 32.6 Å². The van der Waals surface area contributed by atoms with E-state index in [-0.39, 0.29) is 34.0 Å². The van der Waals surface area contributed by atoms with Gasteiger partial charge in [0.1, 0.15) is 23.1 Å². The van der Waals surface area contributed by atoms with E-state index in [2.05, 4.69) is 20.4 Å². The summed E-state index contributed by atoms with van der Waals surface area (Å²) in [5, 5.41) is 10.4. The third-order valence-electron chi connectivity index (χ3n) is 6.77. The number of hydrogen-bond acceptors (Lipinski definition) is 9. The van der Waals surface area contributed by atoms with Crippen LogP contribution in [0.3, 0.4) is 0 Å². The van der Waals surface area contributed by atoms with Gasteiger partial charge < -0.3 is 15.0 Å². The number of carbonyl (C=O) groups excluding carboxylic acids is 1. The molecular weight excluding hydrogens is 646 g/mol. The van der Waals surface area contributed by atoms with Crippen LogP contribution in [0.25, 0.3) is 26.5 Å². The molecule has 3 aromatic heterocycles. The smallest absolute Gasteiger partial charge is 0.343 e. The van der Waals surface area contributed by atoms with Crippen LogP contribution < -0.4 is 26.8 Å². The third kappa shape index (κ3) is 7.16. The number of anilines is 1. The molecular formula is C30H27F4N7O5S. The Hall–Kier alpha value is -5.13. The van der Waals surface area contributed by atoms with Crippen molar-refractivity contribution in [2.45, 2.75) is 19.5 Å². The molecule has 0 saturated heterocycles. The minimum Gasteiger partial charge on any atom is -0.480 e. The number of thiophene rings is 1. The Morgan fingerprint density at radius 2 is 1.70 bits per heavy atom. The number of aromatic nitrogens is 4. The predicted octanol–water partition coefficient (Wildman–Crippen LogP) is 4.39. The Morgan fingerprint density at radius 1 is 1.00 bits per heavy atom. The van der Waals surface area contributed by atoms with Crippen molar-refractivity contribution in [1.82, 2.24) is 29.7 Å². The average Bonchev–Trinajstić information content (AvgIpc) is 3.39. The van der Waals surface area contributed by atoms with Crippen molar-refractivity contribution in [3.05, 3.63) is 98.2 Å². The standard InChI is InChI=1S/C30H27F4N7O5S/c1-39(2)13-19-25-27(42)41(23-11-12-24(45-3)37-36-23)30(44)40(14-18-20(31)5-4-6-21(18)32)28(25)47-26(19)16-7-9-17(10-8-16)35-29(43)38-46-15-22(33)34/h4-12,22H,13-15H2,1-3H3,(H2,35,38,43). The van der Waals surface area contributed by atoms with Crippen LogP contribution in [0.2, 0.25) is 0 Å². The van der Waals surface area contributed by atoms with Crippen molar-refractivity contribution in [2.75, 3.05) is 33.1 Å². The van der Waals surface area contributed by atoms with Gasteiger partial charge in [0, 0.05) is 28.7 Å². The van der Waals surface area contributed by atoms with Crippen molar-refractivity contribution in [1.29, 1.82) is 0 Å². The maximum atomic E-state index is 14.9. The first-order valence-corrected chi connectivity index (χ1v) is 14.6. The quantitative estimate of drug-likeness (QED) is 0.156. The van der Waals surface area contributed by atoms with Crippen LogP contribution in [-0.2, 0) is 17.9 Å². The zero-order chi connectivity index (χ0) is 33.8. The molecule has 0 unspecified atom stereocenters. The molecule has 0 bridgehead atoms. The van der Waals surface area contributed by atoms with Gasteiger partial charge in [-0.25, -0.2) is 37.2 Å². The number of rotatable bonds is 11. The molecule has 0 aliphatic carbocycles. The Bertz CT molecular complexity index is 2010. The van der Waals surface area contributed by atoms with Gasteiger partial charge in [-0.3, -0.25) is 14.2 Å². The number of carbonyl (C=O) groups is 1. The van der Waals surface area contributed by atoms with Crippen LogP contribution >= 0.6 is 11.3 Å². The third-order valence-corrected chi connectivity index (χ3v) is 8.07. The van der Waals surface area contributed by atoms with E-state index < -0.39 is 48.5 Å². The molecule has 12 nitrogen and oxygen atoms in total. The van der Waals surface area contributed by atoms with Gasteiger partial charge in [0.15, 0.2) is 5.82 Å². The molecule has 0 radical (unpaired) electrons. The van der Waals surface area contributed by atoms with E-state index >= 15 is 0 Å². The summed E-state index contributed by atoms with van der Waals surface area (Å²) < 4.78 is 61.3. The first kappa shape index (κ1) is 33.2. The summed E-state index contributed by atoms with van der Waals surface area (Å²) in [5.74, 6) is -1.73. The lowest BCUT2D eigenvalue weighted by Crippen LogP contribution is -2.39. The number of hydrogen-bond donors (Lipinski definition) is 2. The number of halogens is 4. The molecule has 0 atom stereocenters. The minimum atomic E-state index is -2.76. The highest BCUT2D eigenvalue weighted by atomic mass is 32.1. The highest BCUT2D eigenvalue weighted by Crippen LogP contribution is 2.38. The SMILES string of the molecule is COc1ccc(-n2c(=O)c3c(CN(C)C)c(-c4ccc(NC(=O)NOCC(F)F)cc4)sc3n(Cc3c(F)cccc3F)c2=O)nn1. The van der Waals surface area contributed by atoms with Crippen LogP contribution in [-0.4, -0.2) is 64.5 Å². The second-order valence-electron chi connectivity index (χ2n) is 10.3. The van der Waals surface area contributed by atoms with Gasteiger partial charge >= 0.3 is 11.7 Å². The number of amides is 2. The van der Waals surface area contributed by atoms with E-state index in [1.54, 1.807) is 38.4 Å². The monoisotopic (exact) mass is 673 g/mol. The second-order valence-corrected chi connectivity index (χ2v) is 11.3. The summed E-state index contributed by atoms with van der Waals surface area (Å²) in [6, 6.07) is 11.6. The molecule has 0 fully saturated rings. The van der Waals surface area contributed by atoms with Crippen LogP contribution in [0, 0.1) is 11.6 Å². The van der Waals surface area contributed by atoms with Gasteiger partial charge in [0.25, 0.3) is 12.0 Å². The van der Waals surface area contributed by atoms with Crippen LogP contribution in [0.15, 0.2) is 64.2 Å². The fourth-order valence-electron chi connectivity index (χ4n) is 4.72. The molecule has 5 rings (SSSR count). The van der Waals surface area contributed by atoms with Gasteiger partial charge in [0.05, 0.1) is 19.0 Å². The van der Waals surface area contributed by atoms with Gasteiger partial charge in [-0.05, 0) is 55.6 Å². The summed E-state index contributed by atoms with van der Waals surface area (Å²) in [4.78, 5) is 47.1. The Balaban J connectivity index is 1.68. The molecule has 0 spiro atoms. The normalized spacial score (nSPS) is 11.4. The highest BCUT2D eigenvalue weighted by molar-refractivity contribution is 7.22. The zero-order valence-electron chi connectivity index (χ0n) is 25.1. The van der Waals surface area contributed by atoms with E-state index in [4.69, 9.17) is 4.74 Å². The number of nitrogens with zero attached hydrogens (tertiary/aromatic N) is 5. The fraction of sp³-hybridized carbons (Fsp3) is 0.233. The summed E-state index contributed by atoms with van der Waals surface area (Å²) in [6.07, 6.45) is -2.76. The number of urea groups is 1. The molecule has 246 valence electrons. The maximum Gasteiger partial charge on any atom is 0.343 e. The average molecular weight is 674 g/mol. The lowest BCUT2D eigenvalue weighted by Gasteiger charge is -2.14. The number of fused-ring (bicyclic) bond motifs is 1. The topological polar surface area (TPSA) is 133 Å². The zero-order valence-corrected chi connectivity index (χ0v) is 25.9. The summed E-state index contributed by atoms with van der Waals surface area (Å²) in [5.41, 5.74) is 1.28. The fourth-order valence-corrected chi connectivity index (χ4v) is 6.03. The molecule has 0 aliphatic heterocycles. The molecule has 17 heteroatoms. The predicted molar refractivity (Wildman–Crippen MR) is 166 cm³/mol. The van der Waals surface area contributed by atoms with Gasteiger partial charge in [0.2, 0.25) is 5.88 Å². The molecule has 47 heavy (non-hydrogen) atoms. The number of benzene rings is 2. The molecule has 2 N–H and O–H groups in total. The Kier molecular flexibility index (Phi) is 9.97. The Labute approximate surface area is 267 Å². The molecule has 3 heterocycles. The van der Waals surface area contributed by atoms with E-state index in [1.165, 1.54) is 25.3 Å². The first-order valence-electron chi connectivity index (χ1n) is 13.8. The van der Waals surface area contributed by atoms with Gasteiger partial charge in [-0.1, -0.05) is 18.2 Å². The summed E-state index contributed by atoms with van der Waals surface area (Å²) in [6.45, 7) is -1.28. The lowest BCUT2D eigenvalue weighted by molar-refractivity contribution is -0.0160. The molecule has 2 aromatic carbocycles. The van der Waals surface area contributed by atoms with Crippen LogP contribution in [0.4, 0.5) is 28.0 Å². The second kappa shape index (κ2) is 14.1. The number of methoxy groups -OCH3 is 1. The van der Waals surface area contributed by atoms with Gasteiger partial charge in [-0.15, -0.1) is 21.5 Å². The lowest BCUT2D eigenvalue weighted by atomic mass is 10.1. The van der Waals surface area contributed by atoms with Crippen LogP contribution in [0.1, 0.15) is 11.1 Å². The van der Waals surface area contributed by atoms with E-state index in [1.807, 2.05) is 10.4 Å². The van der Waals surface area contributed by atoms with Crippen molar-refractivity contribution < 1.29 is 31.9 Å². The van der Waals surface area contributed by atoms with E-state index in [9.17, 15) is 31.9 Å². The molecule has 0 saturated carbocycles. The minimum absolute atomic E-state index is 0.125. The number of ether oxygens (including phenoxy) is 1. The summed E-state index contributed by atoms with van der Waals surface area (Å²) >= 11 is 1.08. The first-order chi connectivity index (χ1) is 22.5. The number of alkyl halides is 2. The van der Waals surface area contributed by atoms with Crippen molar-refractivity contribution in [2.24, 2.45) is 0 Å². The number of hydroxylamine groups is 1. The summed E-state index contributed by atoms with van der Waals surface area (Å²) in [7, 11) is 4.95. The van der Waals surface area contributed by atoms with Crippen molar-refractivity contribution >= 4 is 33.3 Å². The largest absolute Gasteiger partial charge is 0.480 e. The van der Waals surface area contributed by atoms with Gasteiger partial charge in [-0.2, -0.15) is 0 Å². The number of nitrogens with one attached hydrogen (secondary N) is 2.